The van der Waals surface area contributed by atoms with Crippen LogP contribution in [0.5, 0.6) is 5.75 Å². The van der Waals surface area contributed by atoms with Crippen LogP contribution in [0.1, 0.15) is 74.2 Å². The van der Waals surface area contributed by atoms with E-state index in [9.17, 15) is 10.2 Å². The maximum absolute atomic E-state index is 16.2. The summed E-state index contributed by atoms with van der Waals surface area (Å²) in [6.45, 7) is 5.61. The fraction of sp³-hybridized carbons (Fsp3) is 0.455. The van der Waals surface area contributed by atoms with Gasteiger partial charge in [0.15, 0.2) is 5.60 Å². The standard InChI is InChI=1S/C33H39ClF2N2O3/c1-19-9-11-21(12-10-20(2)39)30(36)26(19)28-27-25(17-24(35)29(28)34)41-33(31(27)37,22-7-5-4-6-8-22)18-38-23-13-15-32(3,40)16-14-23/h4-9,11,17,20,23,31,38-40H,10,12-16,18,37H2,1-3H3/t20-,23-,31-,32+,33+/m0/s1. The quantitative estimate of drug-likeness (QED) is 0.243. The first-order chi connectivity index (χ1) is 19.4. The van der Waals surface area contributed by atoms with Crippen LogP contribution < -0.4 is 15.8 Å². The molecule has 5 rings (SSSR count). The Morgan fingerprint density at radius 1 is 1.12 bits per heavy atom. The summed E-state index contributed by atoms with van der Waals surface area (Å²) in [6, 6.07) is 13.6. The summed E-state index contributed by atoms with van der Waals surface area (Å²) >= 11 is 6.63. The number of ether oxygens (including phenoxy) is 1. The molecule has 0 spiro atoms. The zero-order valence-electron chi connectivity index (χ0n) is 23.8. The average molecular weight is 585 g/mol. The van der Waals surface area contributed by atoms with Crippen LogP contribution >= 0.6 is 11.6 Å². The maximum Gasteiger partial charge on any atom is 0.166 e. The van der Waals surface area contributed by atoms with Crippen molar-refractivity contribution in [3.8, 4) is 16.9 Å². The van der Waals surface area contributed by atoms with E-state index in [-0.39, 0.29) is 27.9 Å². The summed E-state index contributed by atoms with van der Waals surface area (Å²) in [5.41, 5.74) is 7.97. The zero-order chi connectivity index (χ0) is 29.5. The van der Waals surface area contributed by atoms with Crippen LogP contribution in [0.2, 0.25) is 5.02 Å². The molecule has 0 saturated heterocycles. The highest BCUT2D eigenvalue weighted by Gasteiger charge is 2.50. The van der Waals surface area contributed by atoms with Gasteiger partial charge in [0, 0.05) is 35.3 Å². The Bertz CT molecular complexity index is 1410. The lowest BCUT2D eigenvalue weighted by molar-refractivity contribution is 0.00857. The number of hydrogen-bond donors (Lipinski definition) is 4. The van der Waals surface area contributed by atoms with Crippen molar-refractivity contribution in [3.05, 3.63) is 87.4 Å². The second-order valence-electron chi connectivity index (χ2n) is 12.1. The van der Waals surface area contributed by atoms with Gasteiger partial charge in [0.25, 0.3) is 0 Å². The summed E-state index contributed by atoms with van der Waals surface area (Å²) in [5.74, 6) is -0.982. The molecule has 0 radical (unpaired) electrons. The van der Waals surface area contributed by atoms with E-state index >= 15 is 8.78 Å². The monoisotopic (exact) mass is 584 g/mol. The van der Waals surface area contributed by atoms with Gasteiger partial charge in [0.1, 0.15) is 17.4 Å². The lowest BCUT2D eigenvalue weighted by atomic mass is 9.80. The van der Waals surface area contributed by atoms with Crippen molar-refractivity contribution in [2.24, 2.45) is 5.73 Å². The Morgan fingerprint density at radius 2 is 1.80 bits per heavy atom. The fourth-order valence-corrected chi connectivity index (χ4v) is 6.53. The summed E-state index contributed by atoms with van der Waals surface area (Å²) in [4.78, 5) is 0. The van der Waals surface area contributed by atoms with Gasteiger partial charge in [0.2, 0.25) is 0 Å². The minimum Gasteiger partial charge on any atom is -0.479 e. The van der Waals surface area contributed by atoms with Gasteiger partial charge in [-0.3, -0.25) is 0 Å². The maximum atomic E-state index is 16.2. The van der Waals surface area contributed by atoms with E-state index in [1.807, 2.05) is 37.3 Å². The fourth-order valence-electron chi connectivity index (χ4n) is 6.27. The molecule has 3 aromatic rings. The zero-order valence-corrected chi connectivity index (χ0v) is 24.6. The van der Waals surface area contributed by atoms with Gasteiger partial charge in [-0.15, -0.1) is 0 Å². The molecule has 8 heteroatoms. The van der Waals surface area contributed by atoms with Crippen LogP contribution in [0.25, 0.3) is 11.1 Å². The van der Waals surface area contributed by atoms with E-state index in [4.69, 9.17) is 22.1 Å². The number of halogens is 3. The molecular formula is C33H39ClF2N2O3. The summed E-state index contributed by atoms with van der Waals surface area (Å²) < 4.78 is 38.2. The van der Waals surface area contributed by atoms with Crippen LogP contribution in [0, 0.1) is 18.6 Å². The predicted octanol–water partition coefficient (Wildman–Crippen LogP) is 6.48. The largest absolute Gasteiger partial charge is 0.479 e. The molecule has 5 N–H and O–H groups in total. The second kappa shape index (κ2) is 11.6. The average Bonchev–Trinajstić information content (AvgIpc) is 3.21. The topological polar surface area (TPSA) is 87.7 Å². The molecule has 5 nitrogen and oxygen atoms in total. The van der Waals surface area contributed by atoms with Gasteiger partial charge in [-0.1, -0.05) is 54.1 Å². The molecule has 1 saturated carbocycles. The molecule has 3 aromatic carbocycles. The molecule has 1 heterocycles. The number of nitrogens with two attached hydrogens (primary N) is 1. The van der Waals surface area contributed by atoms with E-state index < -0.39 is 35.0 Å². The first kappa shape index (κ1) is 29.9. The van der Waals surface area contributed by atoms with Crippen LogP contribution in [0.15, 0.2) is 48.5 Å². The Hall–Kier alpha value is -2.55. The van der Waals surface area contributed by atoms with E-state index in [0.717, 1.165) is 18.4 Å². The molecule has 0 amide bonds. The van der Waals surface area contributed by atoms with Gasteiger partial charge in [-0.25, -0.2) is 8.78 Å². The lowest BCUT2D eigenvalue weighted by Crippen LogP contribution is -2.51. The third-order valence-electron chi connectivity index (χ3n) is 8.82. The summed E-state index contributed by atoms with van der Waals surface area (Å²) in [6.07, 6.45) is 3.09. The molecule has 3 atom stereocenters. The van der Waals surface area contributed by atoms with Crippen LogP contribution in [-0.4, -0.2) is 34.5 Å². The lowest BCUT2D eigenvalue weighted by Gasteiger charge is -2.38. The first-order valence-electron chi connectivity index (χ1n) is 14.4. The highest BCUT2D eigenvalue weighted by Crippen LogP contribution is 2.54. The Labute approximate surface area is 245 Å². The van der Waals surface area contributed by atoms with E-state index in [1.54, 1.807) is 26.0 Å². The molecule has 0 aromatic heterocycles. The number of hydrogen-bond acceptors (Lipinski definition) is 5. The SMILES string of the molecule is Cc1ccc(CC[C@H](C)O)c(F)c1-c1c(Cl)c(F)cc2c1[C@H](N)[C@@](CN[C@H]1CC[C@@](C)(O)CC1)(c1ccccc1)O2. The van der Waals surface area contributed by atoms with Crippen LogP contribution in [0.4, 0.5) is 8.78 Å². The Balaban J connectivity index is 1.60. The van der Waals surface area contributed by atoms with E-state index in [1.165, 1.54) is 6.07 Å². The van der Waals surface area contributed by atoms with Crippen molar-refractivity contribution < 1.29 is 23.7 Å². The van der Waals surface area contributed by atoms with Gasteiger partial charge in [-0.05, 0) is 76.0 Å². The summed E-state index contributed by atoms with van der Waals surface area (Å²) in [5, 5.41) is 23.6. The normalized spacial score (nSPS) is 26.5. The Kier molecular flexibility index (Phi) is 8.48. The van der Waals surface area contributed by atoms with Crippen molar-refractivity contribution in [1.29, 1.82) is 0 Å². The number of aliphatic hydroxyl groups excluding tert-OH is 1. The molecule has 2 aliphatic rings. The van der Waals surface area contributed by atoms with E-state index in [0.29, 0.717) is 48.9 Å². The first-order valence-corrected chi connectivity index (χ1v) is 14.8. The molecule has 41 heavy (non-hydrogen) atoms. The molecule has 220 valence electrons. The highest BCUT2D eigenvalue weighted by molar-refractivity contribution is 6.34. The third kappa shape index (κ3) is 5.75. The smallest absolute Gasteiger partial charge is 0.166 e. The number of aliphatic hydroxyl groups is 2. The molecule has 1 fully saturated rings. The Morgan fingerprint density at radius 3 is 2.46 bits per heavy atom. The van der Waals surface area contributed by atoms with Gasteiger partial charge < -0.3 is 26.0 Å². The third-order valence-corrected chi connectivity index (χ3v) is 9.19. The molecular weight excluding hydrogens is 546 g/mol. The van der Waals surface area contributed by atoms with Crippen molar-refractivity contribution in [1.82, 2.24) is 5.32 Å². The number of rotatable bonds is 8. The van der Waals surface area contributed by atoms with Crippen molar-refractivity contribution in [3.63, 3.8) is 0 Å². The molecule has 0 bridgehead atoms. The number of benzene rings is 3. The van der Waals surface area contributed by atoms with Gasteiger partial charge in [-0.2, -0.15) is 0 Å². The minimum absolute atomic E-state index is 0.153. The summed E-state index contributed by atoms with van der Waals surface area (Å²) in [7, 11) is 0. The number of aryl methyl sites for hydroxylation is 2. The highest BCUT2D eigenvalue weighted by atomic mass is 35.5. The predicted molar refractivity (Wildman–Crippen MR) is 158 cm³/mol. The van der Waals surface area contributed by atoms with Crippen molar-refractivity contribution in [2.45, 2.75) is 88.7 Å². The van der Waals surface area contributed by atoms with Crippen LogP contribution in [0.3, 0.4) is 0 Å². The van der Waals surface area contributed by atoms with Crippen molar-refractivity contribution in [2.75, 3.05) is 6.54 Å². The molecule has 0 unspecified atom stereocenters. The molecule has 1 aliphatic heterocycles. The minimum atomic E-state index is -1.11. The van der Waals surface area contributed by atoms with Crippen molar-refractivity contribution >= 4 is 11.6 Å². The van der Waals surface area contributed by atoms with Gasteiger partial charge in [0.05, 0.1) is 22.8 Å². The molecule has 1 aliphatic carbocycles. The number of nitrogens with one attached hydrogen (secondary N) is 1. The second-order valence-corrected chi connectivity index (χ2v) is 12.4. The van der Waals surface area contributed by atoms with Crippen LogP contribution in [-0.2, 0) is 12.0 Å². The number of fused-ring (bicyclic) bond motifs is 1. The van der Waals surface area contributed by atoms with Gasteiger partial charge >= 0.3 is 0 Å². The van der Waals surface area contributed by atoms with E-state index in [2.05, 4.69) is 5.32 Å².